The van der Waals surface area contributed by atoms with E-state index in [2.05, 4.69) is 13.8 Å². The van der Waals surface area contributed by atoms with Gasteiger partial charge in [-0.05, 0) is 24.3 Å². The van der Waals surface area contributed by atoms with Crippen molar-refractivity contribution in [2.24, 2.45) is 0 Å². The second-order valence-corrected chi connectivity index (χ2v) is 3.61. The Morgan fingerprint density at radius 3 is 1.57 bits per heavy atom. The predicted molar refractivity (Wildman–Crippen MR) is 54.2 cm³/mol. The van der Waals surface area contributed by atoms with Crippen LogP contribution in [0.2, 0.25) is 0 Å². The van der Waals surface area contributed by atoms with Crippen molar-refractivity contribution in [2.45, 2.75) is 25.7 Å². The molecular weight excluding hydrogens is 176 g/mol. The predicted octanol–water partition coefficient (Wildman–Crippen LogP) is 3.78. The molecule has 0 aliphatic carbocycles. The van der Waals surface area contributed by atoms with Crippen LogP contribution in [-0.2, 0) is 0 Å². The summed E-state index contributed by atoms with van der Waals surface area (Å²) in [5.74, 6) is 2.70. The van der Waals surface area contributed by atoms with Gasteiger partial charge in [-0.2, -0.15) is 0 Å². The second kappa shape index (κ2) is 3.74. The Bertz CT molecular complexity index is 321. The van der Waals surface area contributed by atoms with Crippen LogP contribution in [0.25, 0.3) is 0 Å². The van der Waals surface area contributed by atoms with Crippen LogP contribution < -0.4 is 0 Å². The maximum Gasteiger partial charge on any atom is 0.107 e. The summed E-state index contributed by atoms with van der Waals surface area (Å²) in [6.07, 6.45) is 3.42. The Hall–Kier alpha value is -1.44. The fraction of sp³-hybridized carbons (Fsp3) is 0.333. The summed E-state index contributed by atoms with van der Waals surface area (Å²) in [4.78, 5) is 0. The van der Waals surface area contributed by atoms with Crippen LogP contribution in [0.4, 0.5) is 0 Å². The molecule has 0 aromatic carbocycles. The Balaban J connectivity index is 2.16. The van der Waals surface area contributed by atoms with Gasteiger partial charge in [0, 0.05) is 11.8 Å². The summed E-state index contributed by atoms with van der Waals surface area (Å²) in [6.45, 7) is 4.29. The van der Waals surface area contributed by atoms with Gasteiger partial charge in [-0.15, -0.1) is 0 Å². The van der Waals surface area contributed by atoms with Crippen molar-refractivity contribution in [1.82, 2.24) is 0 Å². The topological polar surface area (TPSA) is 26.3 Å². The molecule has 0 saturated carbocycles. The first-order chi connectivity index (χ1) is 6.79. The zero-order valence-electron chi connectivity index (χ0n) is 8.44. The van der Waals surface area contributed by atoms with Crippen molar-refractivity contribution < 1.29 is 8.83 Å². The first kappa shape index (κ1) is 9.13. The van der Waals surface area contributed by atoms with Gasteiger partial charge in [-0.25, -0.2) is 0 Å². The van der Waals surface area contributed by atoms with E-state index in [9.17, 15) is 0 Å². The van der Waals surface area contributed by atoms with Crippen molar-refractivity contribution in [2.75, 3.05) is 0 Å². The van der Waals surface area contributed by atoms with E-state index >= 15 is 0 Å². The van der Waals surface area contributed by atoms with Gasteiger partial charge in [-0.1, -0.05) is 13.8 Å². The highest BCUT2D eigenvalue weighted by molar-refractivity contribution is 5.14. The lowest BCUT2D eigenvalue weighted by Gasteiger charge is -2.15. The van der Waals surface area contributed by atoms with Gasteiger partial charge in [-0.3, -0.25) is 0 Å². The molecule has 0 amide bonds. The van der Waals surface area contributed by atoms with Gasteiger partial charge in [0.25, 0.3) is 0 Å². The molecule has 2 nitrogen and oxygen atoms in total. The molecule has 0 bridgehead atoms. The van der Waals surface area contributed by atoms with Crippen molar-refractivity contribution in [3.05, 3.63) is 48.3 Å². The molecule has 2 heteroatoms. The van der Waals surface area contributed by atoms with Crippen LogP contribution in [0.1, 0.15) is 37.2 Å². The van der Waals surface area contributed by atoms with Gasteiger partial charge >= 0.3 is 0 Å². The van der Waals surface area contributed by atoms with Gasteiger partial charge in [0.2, 0.25) is 0 Å². The van der Waals surface area contributed by atoms with Crippen molar-refractivity contribution in [1.29, 1.82) is 0 Å². The minimum atomic E-state index is 0.344. The summed E-state index contributed by atoms with van der Waals surface area (Å²) in [5, 5.41) is 0. The first-order valence-electron chi connectivity index (χ1n) is 4.86. The number of hydrogen-bond donors (Lipinski definition) is 0. The zero-order valence-corrected chi connectivity index (χ0v) is 8.44. The van der Waals surface area contributed by atoms with Crippen LogP contribution in [0.15, 0.2) is 45.6 Å². The molecule has 0 aliphatic heterocycles. The molecule has 0 radical (unpaired) electrons. The SMILES string of the molecule is C[C@H](c1ccco1)[C@H](C)c1ccco1. The molecule has 2 rings (SSSR count). The maximum atomic E-state index is 5.37. The quantitative estimate of drug-likeness (QED) is 0.736. The van der Waals surface area contributed by atoms with Gasteiger partial charge < -0.3 is 8.83 Å². The van der Waals surface area contributed by atoms with E-state index in [0.717, 1.165) is 11.5 Å². The highest BCUT2D eigenvalue weighted by Crippen LogP contribution is 2.32. The molecule has 2 aromatic rings. The fourth-order valence-electron chi connectivity index (χ4n) is 1.59. The van der Waals surface area contributed by atoms with E-state index in [1.807, 2.05) is 24.3 Å². The number of furan rings is 2. The lowest BCUT2D eigenvalue weighted by atomic mass is 9.92. The summed E-state index contributed by atoms with van der Waals surface area (Å²) in [7, 11) is 0. The standard InChI is InChI=1S/C12H14O2/c1-9(11-5-3-7-13-11)10(2)12-6-4-8-14-12/h3-10H,1-2H3/t9-,10-/m0/s1. The van der Waals surface area contributed by atoms with Crippen LogP contribution >= 0.6 is 0 Å². The van der Waals surface area contributed by atoms with E-state index in [1.165, 1.54) is 0 Å². The minimum absolute atomic E-state index is 0.344. The zero-order chi connectivity index (χ0) is 9.97. The van der Waals surface area contributed by atoms with Crippen LogP contribution in [-0.4, -0.2) is 0 Å². The van der Waals surface area contributed by atoms with Crippen LogP contribution in [0, 0.1) is 0 Å². The second-order valence-electron chi connectivity index (χ2n) is 3.61. The molecular formula is C12H14O2. The monoisotopic (exact) mass is 190 g/mol. The van der Waals surface area contributed by atoms with E-state index in [4.69, 9.17) is 8.83 Å². The van der Waals surface area contributed by atoms with E-state index in [-0.39, 0.29) is 0 Å². The molecule has 0 spiro atoms. The third kappa shape index (κ3) is 1.60. The molecule has 2 heterocycles. The summed E-state index contributed by atoms with van der Waals surface area (Å²) >= 11 is 0. The van der Waals surface area contributed by atoms with Crippen molar-refractivity contribution in [3.8, 4) is 0 Å². The lowest BCUT2D eigenvalue weighted by molar-refractivity contribution is 0.399. The number of rotatable bonds is 3. The Morgan fingerprint density at radius 1 is 0.857 bits per heavy atom. The van der Waals surface area contributed by atoms with Crippen molar-refractivity contribution in [3.63, 3.8) is 0 Å². The molecule has 2 aromatic heterocycles. The summed E-state index contributed by atoms with van der Waals surface area (Å²) in [5.41, 5.74) is 0. The van der Waals surface area contributed by atoms with Gasteiger partial charge in [0.1, 0.15) is 11.5 Å². The average Bonchev–Trinajstić information content (AvgIpc) is 2.87. The van der Waals surface area contributed by atoms with E-state index in [0.29, 0.717) is 11.8 Å². The normalized spacial score (nSPS) is 15.3. The molecule has 0 saturated heterocycles. The highest BCUT2D eigenvalue weighted by Gasteiger charge is 2.20. The Labute approximate surface area is 83.5 Å². The maximum absolute atomic E-state index is 5.37. The molecule has 14 heavy (non-hydrogen) atoms. The molecule has 0 N–H and O–H groups in total. The minimum Gasteiger partial charge on any atom is -0.469 e. The van der Waals surface area contributed by atoms with Crippen LogP contribution in [0.3, 0.4) is 0 Å². The first-order valence-corrected chi connectivity index (χ1v) is 4.86. The molecule has 0 unspecified atom stereocenters. The summed E-state index contributed by atoms with van der Waals surface area (Å²) < 4.78 is 10.7. The average molecular weight is 190 g/mol. The summed E-state index contributed by atoms with van der Waals surface area (Å²) in [6, 6.07) is 7.84. The molecule has 0 aliphatic rings. The smallest absolute Gasteiger partial charge is 0.107 e. The van der Waals surface area contributed by atoms with Crippen LogP contribution in [0.5, 0.6) is 0 Å². The molecule has 2 atom stereocenters. The molecule has 74 valence electrons. The third-order valence-electron chi connectivity index (χ3n) is 2.73. The van der Waals surface area contributed by atoms with Gasteiger partial charge in [0.05, 0.1) is 12.5 Å². The number of hydrogen-bond acceptors (Lipinski definition) is 2. The van der Waals surface area contributed by atoms with Gasteiger partial charge in [0.15, 0.2) is 0 Å². The Kier molecular flexibility index (Phi) is 2.44. The van der Waals surface area contributed by atoms with E-state index in [1.54, 1.807) is 12.5 Å². The van der Waals surface area contributed by atoms with E-state index < -0.39 is 0 Å². The molecule has 0 fully saturated rings. The fourth-order valence-corrected chi connectivity index (χ4v) is 1.59. The largest absolute Gasteiger partial charge is 0.469 e. The Morgan fingerprint density at radius 2 is 1.29 bits per heavy atom. The van der Waals surface area contributed by atoms with Crippen molar-refractivity contribution >= 4 is 0 Å². The third-order valence-corrected chi connectivity index (χ3v) is 2.73. The highest BCUT2D eigenvalue weighted by atomic mass is 16.3. The lowest BCUT2D eigenvalue weighted by Crippen LogP contribution is -2.02.